The Balaban J connectivity index is 1.67. The maximum Gasteiger partial charge on any atom is 0.228 e. The summed E-state index contributed by atoms with van der Waals surface area (Å²) in [6.07, 6.45) is 0.207. The van der Waals surface area contributed by atoms with Gasteiger partial charge in [-0.05, 0) is 19.1 Å². The van der Waals surface area contributed by atoms with Crippen molar-refractivity contribution in [2.75, 3.05) is 25.6 Å². The van der Waals surface area contributed by atoms with Crippen LogP contribution < -0.4 is 9.64 Å². The largest absolute Gasteiger partial charge is 0.497 e. The number of benzene rings is 1. The first kappa shape index (κ1) is 17.0. The molecule has 1 fully saturated rings. The maximum absolute atomic E-state index is 12.7. The second-order valence-electron chi connectivity index (χ2n) is 6.23. The molecule has 1 atom stereocenters. The Bertz CT molecular complexity index is 786. The first-order chi connectivity index (χ1) is 12.0. The van der Waals surface area contributed by atoms with Crippen LogP contribution in [0.25, 0.3) is 0 Å². The summed E-state index contributed by atoms with van der Waals surface area (Å²) in [4.78, 5) is 28.3. The van der Waals surface area contributed by atoms with Crippen LogP contribution in [0.4, 0.5) is 5.69 Å². The molecule has 1 aliphatic rings. The zero-order valence-electron chi connectivity index (χ0n) is 14.6. The highest BCUT2D eigenvalue weighted by Gasteiger charge is 2.36. The van der Waals surface area contributed by atoms with Gasteiger partial charge in [0.1, 0.15) is 17.2 Å². The molecular weight excluding hydrogens is 322 g/mol. The fourth-order valence-corrected chi connectivity index (χ4v) is 3.03. The number of aromatic nitrogens is 1. The Kier molecular flexibility index (Phi) is 4.74. The van der Waals surface area contributed by atoms with Crippen LogP contribution in [0.15, 0.2) is 34.9 Å². The molecule has 0 bridgehead atoms. The van der Waals surface area contributed by atoms with Crippen molar-refractivity contribution in [2.24, 2.45) is 5.92 Å². The van der Waals surface area contributed by atoms with Crippen molar-refractivity contribution in [3.8, 4) is 5.75 Å². The fraction of sp³-hybridized carbons (Fsp3) is 0.389. The lowest BCUT2D eigenvalue weighted by molar-refractivity contribution is -0.135. The topological polar surface area (TPSA) is 75.9 Å². The van der Waals surface area contributed by atoms with Crippen LogP contribution in [-0.2, 0) is 16.1 Å². The van der Waals surface area contributed by atoms with Gasteiger partial charge in [-0.15, -0.1) is 0 Å². The molecule has 0 radical (unpaired) electrons. The molecule has 7 heteroatoms. The van der Waals surface area contributed by atoms with Crippen molar-refractivity contribution in [1.29, 1.82) is 0 Å². The van der Waals surface area contributed by atoms with Gasteiger partial charge in [0, 0.05) is 37.8 Å². The highest BCUT2D eigenvalue weighted by atomic mass is 16.5. The lowest BCUT2D eigenvalue weighted by Crippen LogP contribution is -2.34. The molecule has 0 aliphatic carbocycles. The van der Waals surface area contributed by atoms with E-state index >= 15 is 0 Å². The molecule has 0 N–H and O–H groups in total. The van der Waals surface area contributed by atoms with Crippen LogP contribution in [0, 0.1) is 12.8 Å². The number of hydrogen-bond donors (Lipinski definition) is 0. The first-order valence-corrected chi connectivity index (χ1v) is 8.09. The van der Waals surface area contributed by atoms with E-state index in [0.29, 0.717) is 30.3 Å². The number of aryl methyl sites for hydroxylation is 1. The average molecular weight is 343 g/mol. The van der Waals surface area contributed by atoms with Crippen molar-refractivity contribution >= 4 is 17.5 Å². The van der Waals surface area contributed by atoms with Gasteiger partial charge in [-0.3, -0.25) is 9.59 Å². The molecule has 1 aromatic heterocycles. The number of methoxy groups -OCH3 is 1. The number of rotatable bonds is 5. The van der Waals surface area contributed by atoms with Crippen LogP contribution >= 0.6 is 0 Å². The van der Waals surface area contributed by atoms with E-state index in [0.717, 1.165) is 5.69 Å². The number of carbonyl (C=O) groups excluding carboxylic acids is 2. The number of amides is 2. The molecule has 2 amide bonds. The van der Waals surface area contributed by atoms with Crippen LogP contribution in [0.3, 0.4) is 0 Å². The molecule has 25 heavy (non-hydrogen) atoms. The molecule has 0 spiro atoms. The highest BCUT2D eigenvalue weighted by Crippen LogP contribution is 2.28. The number of nitrogens with zero attached hydrogens (tertiary/aromatic N) is 3. The van der Waals surface area contributed by atoms with E-state index in [1.54, 1.807) is 43.0 Å². The van der Waals surface area contributed by atoms with Gasteiger partial charge in [0.25, 0.3) is 0 Å². The molecule has 0 saturated carbocycles. The Hall–Kier alpha value is -2.83. The normalized spacial score (nSPS) is 17.0. The van der Waals surface area contributed by atoms with E-state index < -0.39 is 0 Å². The van der Waals surface area contributed by atoms with E-state index in [4.69, 9.17) is 9.26 Å². The van der Waals surface area contributed by atoms with Crippen LogP contribution in [-0.4, -0.2) is 42.6 Å². The van der Waals surface area contributed by atoms with Gasteiger partial charge in [0.2, 0.25) is 11.8 Å². The van der Waals surface area contributed by atoms with Gasteiger partial charge in [-0.1, -0.05) is 11.2 Å². The third-order valence-electron chi connectivity index (χ3n) is 4.29. The van der Waals surface area contributed by atoms with Crippen molar-refractivity contribution in [3.05, 3.63) is 41.8 Å². The van der Waals surface area contributed by atoms with Crippen molar-refractivity contribution < 1.29 is 18.8 Å². The second kappa shape index (κ2) is 6.96. The van der Waals surface area contributed by atoms with E-state index in [-0.39, 0.29) is 24.2 Å². The minimum atomic E-state index is -0.364. The zero-order chi connectivity index (χ0) is 18.0. The number of ether oxygens (including phenoxy) is 1. The number of hydrogen-bond acceptors (Lipinski definition) is 5. The highest BCUT2D eigenvalue weighted by molar-refractivity contribution is 6.00. The molecule has 3 rings (SSSR count). The third kappa shape index (κ3) is 3.65. The second-order valence-corrected chi connectivity index (χ2v) is 6.23. The number of carbonyl (C=O) groups is 2. The van der Waals surface area contributed by atoms with Gasteiger partial charge in [0.05, 0.1) is 19.6 Å². The van der Waals surface area contributed by atoms with E-state index in [1.165, 1.54) is 0 Å². The van der Waals surface area contributed by atoms with Crippen LogP contribution in [0.1, 0.15) is 17.9 Å². The summed E-state index contributed by atoms with van der Waals surface area (Å²) in [6, 6.07) is 9.09. The summed E-state index contributed by atoms with van der Waals surface area (Å²) >= 11 is 0. The Morgan fingerprint density at radius 2 is 2.24 bits per heavy atom. The summed E-state index contributed by atoms with van der Waals surface area (Å²) in [5, 5.41) is 3.90. The standard InChI is InChI=1S/C18H21N3O4/c1-12-7-14(19-25-12)11-20(2)18(23)13-8-17(22)21(10-13)15-5-4-6-16(9-15)24-3/h4-7,9,13H,8,10-11H2,1-3H3. The molecule has 7 nitrogen and oxygen atoms in total. The van der Waals surface area contributed by atoms with Gasteiger partial charge >= 0.3 is 0 Å². The van der Waals surface area contributed by atoms with Crippen molar-refractivity contribution in [3.63, 3.8) is 0 Å². The SMILES string of the molecule is COc1cccc(N2CC(C(=O)N(C)Cc3cc(C)on3)CC2=O)c1. The van der Waals surface area contributed by atoms with Gasteiger partial charge in [-0.25, -0.2) is 0 Å². The Morgan fingerprint density at radius 3 is 2.92 bits per heavy atom. The summed E-state index contributed by atoms with van der Waals surface area (Å²) in [5.74, 6) is 0.892. The minimum Gasteiger partial charge on any atom is -0.497 e. The molecule has 2 heterocycles. The summed E-state index contributed by atoms with van der Waals surface area (Å²) < 4.78 is 10.2. The summed E-state index contributed by atoms with van der Waals surface area (Å²) in [5.41, 5.74) is 1.44. The lowest BCUT2D eigenvalue weighted by atomic mass is 10.1. The predicted molar refractivity (Wildman–Crippen MR) is 91.2 cm³/mol. The minimum absolute atomic E-state index is 0.0581. The monoisotopic (exact) mass is 343 g/mol. The fourth-order valence-electron chi connectivity index (χ4n) is 3.03. The molecule has 1 saturated heterocycles. The Labute approximate surface area is 146 Å². The van der Waals surface area contributed by atoms with Gasteiger partial charge in [-0.2, -0.15) is 0 Å². The van der Waals surface area contributed by atoms with Gasteiger partial charge in [0.15, 0.2) is 0 Å². The quantitative estimate of drug-likeness (QED) is 0.830. The molecule has 1 aliphatic heterocycles. The van der Waals surface area contributed by atoms with E-state index in [1.807, 2.05) is 18.2 Å². The van der Waals surface area contributed by atoms with Gasteiger partial charge < -0.3 is 19.1 Å². The molecule has 1 aromatic carbocycles. The molecule has 132 valence electrons. The summed E-state index contributed by atoms with van der Waals surface area (Å²) in [6.45, 7) is 2.53. The molecular formula is C18H21N3O4. The van der Waals surface area contributed by atoms with Crippen LogP contribution in [0.5, 0.6) is 5.75 Å². The lowest BCUT2D eigenvalue weighted by Gasteiger charge is -2.21. The smallest absolute Gasteiger partial charge is 0.228 e. The summed E-state index contributed by atoms with van der Waals surface area (Å²) in [7, 11) is 3.29. The Morgan fingerprint density at radius 1 is 1.44 bits per heavy atom. The molecule has 2 aromatic rings. The van der Waals surface area contributed by atoms with E-state index in [9.17, 15) is 9.59 Å². The predicted octanol–water partition coefficient (Wildman–Crippen LogP) is 2.00. The number of anilines is 1. The van der Waals surface area contributed by atoms with Crippen LogP contribution in [0.2, 0.25) is 0 Å². The third-order valence-corrected chi connectivity index (χ3v) is 4.29. The van der Waals surface area contributed by atoms with E-state index in [2.05, 4.69) is 5.16 Å². The average Bonchev–Trinajstić information content (AvgIpc) is 3.19. The first-order valence-electron chi connectivity index (χ1n) is 8.09. The zero-order valence-corrected chi connectivity index (χ0v) is 14.6. The van der Waals surface area contributed by atoms with Crippen molar-refractivity contribution in [2.45, 2.75) is 19.9 Å². The molecule has 1 unspecified atom stereocenters. The van der Waals surface area contributed by atoms with Crippen molar-refractivity contribution in [1.82, 2.24) is 10.1 Å². The maximum atomic E-state index is 12.7.